The molecule has 1 aromatic rings. The molecule has 84 valence electrons. The normalized spacial score (nSPS) is 11.1. The van der Waals surface area contributed by atoms with Crippen LogP contribution in [0.3, 0.4) is 0 Å². The highest BCUT2D eigenvalue weighted by Crippen LogP contribution is 2.32. The highest BCUT2D eigenvalue weighted by atomic mass is 35.5. The van der Waals surface area contributed by atoms with Gasteiger partial charge in [0.15, 0.2) is 0 Å². The number of rotatable bonds is 4. The number of benzene rings is 1. The van der Waals surface area contributed by atoms with Crippen LogP contribution in [0.25, 0.3) is 0 Å². The maximum absolute atomic E-state index is 6.08. The van der Waals surface area contributed by atoms with E-state index in [1.165, 1.54) is 0 Å². The molecule has 1 nitrogen and oxygen atoms in total. The molecule has 0 saturated carbocycles. The molecular formula is C11H14Cl3N. The Morgan fingerprint density at radius 1 is 1.07 bits per heavy atom. The minimum Gasteiger partial charge on any atom is -0.309 e. The summed E-state index contributed by atoms with van der Waals surface area (Å²) in [4.78, 5) is 2.13. The Morgan fingerprint density at radius 2 is 1.67 bits per heavy atom. The van der Waals surface area contributed by atoms with Gasteiger partial charge in [0.25, 0.3) is 0 Å². The van der Waals surface area contributed by atoms with Crippen molar-refractivity contribution in [2.45, 2.75) is 12.8 Å². The quantitative estimate of drug-likeness (QED) is 0.740. The smallest absolute Gasteiger partial charge is 0.0639 e. The second-order valence-corrected chi connectivity index (χ2v) is 4.92. The lowest BCUT2D eigenvalue weighted by Gasteiger charge is -2.11. The van der Waals surface area contributed by atoms with Gasteiger partial charge < -0.3 is 4.90 Å². The first-order valence-corrected chi connectivity index (χ1v) is 5.93. The van der Waals surface area contributed by atoms with Gasteiger partial charge in [-0.15, -0.1) is 0 Å². The Balaban J connectivity index is 2.71. The number of halogens is 3. The van der Waals surface area contributed by atoms with E-state index in [9.17, 15) is 0 Å². The molecule has 1 aromatic carbocycles. The third-order valence-electron chi connectivity index (χ3n) is 2.17. The van der Waals surface area contributed by atoms with Crippen LogP contribution in [-0.4, -0.2) is 25.5 Å². The summed E-state index contributed by atoms with van der Waals surface area (Å²) in [6.07, 6.45) is 1.88. The fourth-order valence-electron chi connectivity index (χ4n) is 1.37. The predicted molar refractivity (Wildman–Crippen MR) is 68.3 cm³/mol. The molecule has 0 amide bonds. The Kier molecular flexibility index (Phi) is 5.20. The van der Waals surface area contributed by atoms with Gasteiger partial charge in [-0.2, -0.15) is 0 Å². The van der Waals surface area contributed by atoms with Crippen LogP contribution in [0.1, 0.15) is 12.0 Å². The lowest BCUT2D eigenvalue weighted by Crippen LogP contribution is -2.13. The van der Waals surface area contributed by atoms with Gasteiger partial charge in [-0.3, -0.25) is 0 Å². The molecule has 0 saturated heterocycles. The molecule has 0 fully saturated rings. The first kappa shape index (κ1) is 13.1. The second-order valence-electron chi connectivity index (χ2n) is 3.73. The van der Waals surface area contributed by atoms with Crippen molar-refractivity contribution in [3.63, 3.8) is 0 Å². The van der Waals surface area contributed by atoms with Crippen LogP contribution in [-0.2, 0) is 6.42 Å². The van der Waals surface area contributed by atoms with Crippen LogP contribution >= 0.6 is 34.8 Å². The molecule has 1 rings (SSSR count). The highest BCUT2D eigenvalue weighted by molar-refractivity contribution is 6.44. The molecule has 0 heterocycles. The van der Waals surface area contributed by atoms with Gasteiger partial charge in [-0.05, 0) is 51.2 Å². The van der Waals surface area contributed by atoms with Gasteiger partial charge in [0.1, 0.15) is 0 Å². The van der Waals surface area contributed by atoms with Gasteiger partial charge in [0.05, 0.1) is 10.0 Å². The Labute approximate surface area is 106 Å². The lowest BCUT2D eigenvalue weighted by molar-refractivity contribution is 0.400. The van der Waals surface area contributed by atoms with Crippen molar-refractivity contribution in [1.82, 2.24) is 4.90 Å². The zero-order valence-electron chi connectivity index (χ0n) is 8.86. The van der Waals surface area contributed by atoms with Crippen molar-refractivity contribution in [2.75, 3.05) is 20.6 Å². The summed E-state index contributed by atoms with van der Waals surface area (Å²) in [7, 11) is 4.09. The standard InChI is InChI=1S/C11H14Cl3N/c1-15(2)7-3-4-8-9(12)5-6-10(13)11(8)14/h5-6H,3-4,7H2,1-2H3. The Bertz CT molecular complexity index is 337. The minimum atomic E-state index is 0.570. The van der Waals surface area contributed by atoms with Crippen LogP contribution in [0, 0.1) is 0 Å². The van der Waals surface area contributed by atoms with E-state index in [0.717, 1.165) is 24.9 Å². The summed E-state index contributed by atoms with van der Waals surface area (Å²) in [5.41, 5.74) is 0.952. The van der Waals surface area contributed by atoms with Gasteiger partial charge in [-0.25, -0.2) is 0 Å². The van der Waals surface area contributed by atoms with E-state index >= 15 is 0 Å². The molecule has 0 radical (unpaired) electrons. The third kappa shape index (κ3) is 3.84. The van der Waals surface area contributed by atoms with E-state index in [0.29, 0.717) is 15.1 Å². The molecular weight excluding hydrogens is 252 g/mol. The molecule has 15 heavy (non-hydrogen) atoms. The molecule has 0 aromatic heterocycles. The topological polar surface area (TPSA) is 3.24 Å². The summed E-state index contributed by atoms with van der Waals surface area (Å²) in [6, 6.07) is 3.52. The maximum atomic E-state index is 6.08. The minimum absolute atomic E-state index is 0.570. The number of hydrogen-bond acceptors (Lipinski definition) is 1. The zero-order valence-corrected chi connectivity index (χ0v) is 11.1. The van der Waals surface area contributed by atoms with Crippen molar-refractivity contribution in [2.24, 2.45) is 0 Å². The first-order valence-electron chi connectivity index (χ1n) is 4.79. The second kappa shape index (κ2) is 5.95. The summed E-state index contributed by atoms with van der Waals surface area (Å²) in [5.74, 6) is 0. The molecule has 0 unspecified atom stereocenters. The summed E-state index contributed by atoms with van der Waals surface area (Å²) in [6.45, 7) is 1.01. The molecule has 0 aliphatic carbocycles. The van der Waals surface area contributed by atoms with Gasteiger partial charge >= 0.3 is 0 Å². The molecule has 4 heteroatoms. The van der Waals surface area contributed by atoms with Crippen LogP contribution in [0.4, 0.5) is 0 Å². The number of hydrogen-bond donors (Lipinski definition) is 0. The van der Waals surface area contributed by atoms with Crippen molar-refractivity contribution in [3.05, 3.63) is 32.8 Å². The zero-order chi connectivity index (χ0) is 11.4. The molecule has 0 aliphatic rings. The van der Waals surface area contributed by atoms with Gasteiger partial charge in [0.2, 0.25) is 0 Å². The van der Waals surface area contributed by atoms with Gasteiger partial charge in [0, 0.05) is 5.02 Å². The third-order valence-corrected chi connectivity index (χ3v) is 3.37. The molecule has 0 atom stereocenters. The van der Waals surface area contributed by atoms with Gasteiger partial charge in [-0.1, -0.05) is 34.8 Å². The molecule has 0 N–H and O–H groups in total. The monoisotopic (exact) mass is 265 g/mol. The molecule has 0 aliphatic heterocycles. The Morgan fingerprint density at radius 3 is 2.27 bits per heavy atom. The van der Waals surface area contributed by atoms with E-state index < -0.39 is 0 Å². The van der Waals surface area contributed by atoms with Crippen LogP contribution < -0.4 is 0 Å². The molecule has 0 spiro atoms. The summed E-state index contributed by atoms with van der Waals surface area (Å²) in [5, 5.41) is 1.85. The first-order chi connectivity index (χ1) is 7.02. The largest absolute Gasteiger partial charge is 0.309 e. The average molecular weight is 267 g/mol. The van der Waals surface area contributed by atoms with E-state index in [1.54, 1.807) is 12.1 Å². The Hall–Kier alpha value is 0.0500. The van der Waals surface area contributed by atoms with Crippen molar-refractivity contribution < 1.29 is 0 Å². The lowest BCUT2D eigenvalue weighted by atomic mass is 10.1. The fourth-order valence-corrected chi connectivity index (χ4v) is 2.11. The van der Waals surface area contributed by atoms with Crippen molar-refractivity contribution in [1.29, 1.82) is 0 Å². The maximum Gasteiger partial charge on any atom is 0.0639 e. The van der Waals surface area contributed by atoms with Crippen molar-refractivity contribution in [3.8, 4) is 0 Å². The van der Waals surface area contributed by atoms with Crippen LogP contribution in [0.2, 0.25) is 15.1 Å². The van der Waals surface area contributed by atoms with E-state index in [2.05, 4.69) is 4.90 Å². The molecule has 0 bridgehead atoms. The van der Waals surface area contributed by atoms with Crippen LogP contribution in [0.5, 0.6) is 0 Å². The summed E-state index contributed by atoms with van der Waals surface area (Å²) < 4.78 is 0. The fraction of sp³-hybridized carbons (Fsp3) is 0.455. The van der Waals surface area contributed by atoms with E-state index in [4.69, 9.17) is 34.8 Å². The summed E-state index contributed by atoms with van der Waals surface area (Å²) >= 11 is 18.1. The number of nitrogens with zero attached hydrogens (tertiary/aromatic N) is 1. The van der Waals surface area contributed by atoms with Crippen LogP contribution in [0.15, 0.2) is 12.1 Å². The van der Waals surface area contributed by atoms with E-state index in [-0.39, 0.29) is 0 Å². The highest BCUT2D eigenvalue weighted by Gasteiger charge is 2.09. The SMILES string of the molecule is CN(C)CCCc1c(Cl)ccc(Cl)c1Cl. The predicted octanol–water partition coefficient (Wildman–Crippen LogP) is 4.14. The van der Waals surface area contributed by atoms with E-state index in [1.807, 2.05) is 14.1 Å². The van der Waals surface area contributed by atoms with Crippen molar-refractivity contribution >= 4 is 34.8 Å². The average Bonchev–Trinajstić information content (AvgIpc) is 2.17.